The van der Waals surface area contributed by atoms with Crippen LogP contribution in [0.5, 0.6) is 0 Å². The minimum atomic E-state index is -0.310. The van der Waals surface area contributed by atoms with E-state index in [0.29, 0.717) is 12.5 Å². The minimum Gasteiger partial charge on any atom is -0.381 e. The predicted octanol–water partition coefficient (Wildman–Crippen LogP) is 3.22. The molecule has 0 spiro atoms. The van der Waals surface area contributed by atoms with Crippen molar-refractivity contribution in [2.45, 2.75) is 19.9 Å². The third-order valence-electron chi connectivity index (χ3n) is 3.56. The Hall–Kier alpha value is -0.980. The number of benzene rings is 1. The number of ether oxygens (including phenoxy) is 1. The number of rotatable bonds is 6. The number of nitrogens with zero attached hydrogens (tertiary/aromatic N) is 2. The number of nitro groups is 1. The van der Waals surface area contributed by atoms with E-state index in [4.69, 9.17) is 4.74 Å². The van der Waals surface area contributed by atoms with Crippen molar-refractivity contribution in [2.75, 3.05) is 26.3 Å². The van der Waals surface area contributed by atoms with Crippen molar-refractivity contribution in [3.63, 3.8) is 0 Å². The van der Waals surface area contributed by atoms with Crippen LogP contribution >= 0.6 is 15.9 Å². The lowest BCUT2D eigenvalue weighted by Crippen LogP contribution is -2.22. The first-order valence-corrected chi connectivity index (χ1v) is 7.62. The van der Waals surface area contributed by atoms with Gasteiger partial charge in [0.05, 0.1) is 11.5 Å². The van der Waals surface area contributed by atoms with Gasteiger partial charge in [0.15, 0.2) is 0 Å². The van der Waals surface area contributed by atoms with E-state index in [2.05, 4.69) is 20.8 Å². The summed E-state index contributed by atoms with van der Waals surface area (Å²) >= 11 is 3.38. The quantitative estimate of drug-likeness (QED) is 0.588. The van der Waals surface area contributed by atoms with Gasteiger partial charge in [0.1, 0.15) is 0 Å². The normalized spacial score (nSPS) is 19.4. The lowest BCUT2D eigenvalue weighted by Gasteiger charge is -2.16. The zero-order chi connectivity index (χ0) is 14.5. The maximum atomic E-state index is 11.1. The molecule has 1 heterocycles. The van der Waals surface area contributed by atoms with E-state index >= 15 is 0 Å². The summed E-state index contributed by atoms with van der Waals surface area (Å²) in [6.45, 7) is 6.07. The largest absolute Gasteiger partial charge is 0.381 e. The predicted molar refractivity (Wildman–Crippen MR) is 80.7 cm³/mol. The number of likely N-dealkylation sites (tertiary alicyclic amines) is 1. The molecule has 0 amide bonds. The number of hydrogen-bond donors (Lipinski definition) is 0. The maximum Gasteiger partial charge on any atom is 0.273 e. The Balaban J connectivity index is 2.00. The molecule has 0 N–H and O–H groups in total. The monoisotopic (exact) mass is 342 g/mol. The van der Waals surface area contributed by atoms with Crippen molar-refractivity contribution in [3.05, 3.63) is 38.3 Å². The summed E-state index contributed by atoms with van der Waals surface area (Å²) in [6.07, 6.45) is 1.10. The topological polar surface area (TPSA) is 55.6 Å². The van der Waals surface area contributed by atoms with Gasteiger partial charge in [-0.25, -0.2) is 0 Å². The first-order valence-electron chi connectivity index (χ1n) is 6.83. The van der Waals surface area contributed by atoms with Crippen LogP contribution in [0.15, 0.2) is 22.7 Å². The molecule has 1 aromatic carbocycles. The Morgan fingerprint density at radius 1 is 1.55 bits per heavy atom. The van der Waals surface area contributed by atoms with Crippen LogP contribution < -0.4 is 0 Å². The van der Waals surface area contributed by atoms with E-state index in [1.165, 1.54) is 0 Å². The van der Waals surface area contributed by atoms with Crippen molar-refractivity contribution >= 4 is 21.6 Å². The van der Waals surface area contributed by atoms with Crippen molar-refractivity contribution < 1.29 is 9.66 Å². The second-order valence-corrected chi connectivity index (χ2v) is 6.00. The summed E-state index contributed by atoms with van der Waals surface area (Å²) in [6, 6.07) is 5.12. The van der Waals surface area contributed by atoms with E-state index in [0.717, 1.165) is 42.8 Å². The molecule has 0 radical (unpaired) electrons. The van der Waals surface area contributed by atoms with Gasteiger partial charge in [0.25, 0.3) is 5.69 Å². The van der Waals surface area contributed by atoms with E-state index < -0.39 is 0 Å². The molecule has 0 unspecified atom stereocenters. The van der Waals surface area contributed by atoms with Gasteiger partial charge in [-0.3, -0.25) is 15.0 Å². The van der Waals surface area contributed by atoms with Gasteiger partial charge in [-0.05, 0) is 37.9 Å². The molecule has 0 aromatic heterocycles. The average molecular weight is 343 g/mol. The molecule has 0 bridgehead atoms. The lowest BCUT2D eigenvalue weighted by molar-refractivity contribution is -0.385. The highest BCUT2D eigenvalue weighted by Crippen LogP contribution is 2.26. The molecule has 2 rings (SSSR count). The molecule has 1 aliphatic rings. The molecule has 110 valence electrons. The molecule has 0 aliphatic carbocycles. The summed E-state index contributed by atoms with van der Waals surface area (Å²) in [7, 11) is 0. The highest BCUT2D eigenvalue weighted by atomic mass is 79.9. The van der Waals surface area contributed by atoms with Crippen LogP contribution in [0, 0.1) is 16.0 Å². The van der Waals surface area contributed by atoms with Crippen LogP contribution in [0.1, 0.15) is 18.9 Å². The van der Waals surface area contributed by atoms with Crippen molar-refractivity contribution in [1.82, 2.24) is 4.90 Å². The smallest absolute Gasteiger partial charge is 0.273 e. The Morgan fingerprint density at radius 2 is 2.35 bits per heavy atom. The molecule has 20 heavy (non-hydrogen) atoms. The molecule has 0 saturated carbocycles. The molecule has 1 aromatic rings. The fraction of sp³-hybridized carbons (Fsp3) is 0.571. The van der Waals surface area contributed by atoms with Crippen molar-refractivity contribution in [2.24, 2.45) is 5.92 Å². The zero-order valence-corrected chi connectivity index (χ0v) is 13.1. The molecule has 6 heteroatoms. The Labute approximate surface area is 127 Å². The second-order valence-electron chi connectivity index (χ2n) is 5.08. The summed E-state index contributed by atoms with van der Waals surface area (Å²) < 4.78 is 6.33. The number of halogens is 1. The van der Waals surface area contributed by atoms with Gasteiger partial charge in [-0.1, -0.05) is 15.9 Å². The molecule has 1 atom stereocenters. The fourth-order valence-corrected chi connectivity index (χ4v) is 2.99. The fourth-order valence-electron chi connectivity index (χ4n) is 2.58. The van der Waals surface area contributed by atoms with Crippen molar-refractivity contribution in [3.8, 4) is 0 Å². The molecule has 5 nitrogen and oxygen atoms in total. The second kappa shape index (κ2) is 7.15. The van der Waals surface area contributed by atoms with Crippen LogP contribution in [-0.4, -0.2) is 36.1 Å². The lowest BCUT2D eigenvalue weighted by atomic mass is 10.1. The Morgan fingerprint density at radius 3 is 3.05 bits per heavy atom. The van der Waals surface area contributed by atoms with Crippen LogP contribution in [0.3, 0.4) is 0 Å². The molecular weight excluding hydrogens is 324 g/mol. The van der Waals surface area contributed by atoms with Gasteiger partial charge < -0.3 is 4.74 Å². The van der Waals surface area contributed by atoms with E-state index in [1.54, 1.807) is 12.1 Å². The highest BCUT2D eigenvalue weighted by Gasteiger charge is 2.24. The van der Waals surface area contributed by atoms with Crippen LogP contribution in [0.2, 0.25) is 0 Å². The molecule has 1 saturated heterocycles. The van der Waals surface area contributed by atoms with E-state index in [-0.39, 0.29) is 10.6 Å². The third-order valence-corrected chi connectivity index (χ3v) is 4.05. The number of nitro benzene ring substituents is 1. The molecule has 1 fully saturated rings. The Kier molecular flexibility index (Phi) is 5.51. The summed E-state index contributed by atoms with van der Waals surface area (Å²) in [5, 5.41) is 11.1. The standard InChI is InChI=1S/C14H19BrN2O3/c1-2-20-10-11-5-6-16(8-11)9-12-7-13(15)3-4-14(12)17(18)19/h3-4,7,11H,2,5-6,8-10H2,1H3/t11-/m0/s1. The summed E-state index contributed by atoms with van der Waals surface area (Å²) in [4.78, 5) is 13.0. The number of hydrogen-bond acceptors (Lipinski definition) is 4. The van der Waals surface area contributed by atoms with Gasteiger partial charge >= 0.3 is 0 Å². The highest BCUT2D eigenvalue weighted by molar-refractivity contribution is 9.10. The first kappa shape index (κ1) is 15.4. The van der Waals surface area contributed by atoms with Crippen LogP contribution in [0.4, 0.5) is 5.69 Å². The van der Waals surface area contributed by atoms with Gasteiger partial charge in [-0.2, -0.15) is 0 Å². The minimum absolute atomic E-state index is 0.196. The zero-order valence-electron chi connectivity index (χ0n) is 11.5. The van der Waals surface area contributed by atoms with Crippen molar-refractivity contribution in [1.29, 1.82) is 0 Å². The first-order chi connectivity index (χ1) is 9.60. The van der Waals surface area contributed by atoms with E-state index in [1.807, 2.05) is 13.0 Å². The SMILES string of the molecule is CCOC[C@H]1CCN(Cc2cc(Br)ccc2[N+](=O)[O-])C1. The van der Waals surface area contributed by atoms with Gasteiger partial charge in [0, 0.05) is 35.8 Å². The molecular formula is C14H19BrN2O3. The van der Waals surface area contributed by atoms with Gasteiger partial charge in [0.2, 0.25) is 0 Å². The van der Waals surface area contributed by atoms with Crippen LogP contribution in [0.25, 0.3) is 0 Å². The van der Waals surface area contributed by atoms with E-state index in [9.17, 15) is 10.1 Å². The summed E-state index contributed by atoms with van der Waals surface area (Å²) in [5.74, 6) is 0.543. The molecule has 1 aliphatic heterocycles. The van der Waals surface area contributed by atoms with Crippen LogP contribution in [-0.2, 0) is 11.3 Å². The Bertz CT molecular complexity index is 481. The average Bonchev–Trinajstić information content (AvgIpc) is 2.83. The van der Waals surface area contributed by atoms with Gasteiger partial charge in [-0.15, -0.1) is 0 Å². The third kappa shape index (κ3) is 4.01. The maximum absolute atomic E-state index is 11.1. The summed E-state index contributed by atoms with van der Waals surface area (Å²) in [5.41, 5.74) is 0.961.